The normalized spacial score (nSPS) is 17.3. The van der Waals surface area contributed by atoms with Gasteiger partial charge in [-0.05, 0) is 6.92 Å². The van der Waals surface area contributed by atoms with Gasteiger partial charge in [0.05, 0.1) is 6.26 Å². The molecule has 0 saturated carbocycles. The second-order valence-corrected chi connectivity index (χ2v) is 7.19. The number of hydrogen-bond acceptors (Lipinski definition) is 6. The van der Waals surface area contributed by atoms with E-state index in [1.807, 2.05) is 36.9 Å². The van der Waals surface area contributed by atoms with Gasteiger partial charge >= 0.3 is 0 Å². The van der Waals surface area contributed by atoms with E-state index in [0.29, 0.717) is 32.1 Å². The molecule has 0 atom stereocenters. The van der Waals surface area contributed by atoms with Crippen molar-refractivity contribution in [3.05, 3.63) is 11.8 Å². The average molecular weight is 299 g/mol. The molecule has 1 aliphatic rings. The van der Waals surface area contributed by atoms with Crippen molar-refractivity contribution < 1.29 is 8.42 Å². The average Bonchev–Trinajstić information content (AvgIpc) is 2.37. The molecule has 0 aliphatic carbocycles. The maximum Gasteiger partial charge on any atom is 0.227 e. The molecular weight excluding hydrogens is 278 g/mol. The van der Waals surface area contributed by atoms with E-state index in [9.17, 15) is 8.42 Å². The topological polar surface area (TPSA) is 69.6 Å². The van der Waals surface area contributed by atoms with E-state index in [-0.39, 0.29) is 0 Å². The van der Waals surface area contributed by atoms with Crippen molar-refractivity contribution in [2.45, 2.75) is 6.92 Å². The Hall–Kier alpha value is -1.41. The Morgan fingerprint density at radius 1 is 1.15 bits per heavy atom. The third-order valence-electron chi connectivity index (χ3n) is 3.28. The van der Waals surface area contributed by atoms with Gasteiger partial charge in [-0.15, -0.1) is 0 Å². The molecule has 0 aromatic carbocycles. The SMILES string of the molecule is Cc1cc(N(C)C)nc(N2CCN(S(C)(=O)=O)CC2)n1. The number of piperazine rings is 1. The molecule has 1 fully saturated rings. The van der Waals surface area contributed by atoms with Crippen LogP contribution >= 0.6 is 0 Å². The van der Waals surface area contributed by atoms with E-state index < -0.39 is 10.0 Å². The summed E-state index contributed by atoms with van der Waals surface area (Å²) in [5.41, 5.74) is 0.907. The summed E-state index contributed by atoms with van der Waals surface area (Å²) in [6.07, 6.45) is 1.25. The minimum Gasteiger partial charge on any atom is -0.363 e. The molecule has 0 bridgehead atoms. The van der Waals surface area contributed by atoms with Crippen LogP contribution < -0.4 is 9.80 Å². The van der Waals surface area contributed by atoms with Crippen molar-refractivity contribution in [3.63, 3.8) is 0 Å². The summed E-state index contributed by atoms with van der Waals surface area (Å²) < 4.78 is 24.5. The van der Waals surface area contributed by atoms with Crippen LogP contribution in [0.15, 0.2) is 6.07 Å². The van der Waals surface area contributed by atoms with Gasteiger partial charge in [-0.3, -0.25) is 0 Å². The molecule has 1 aromatic heterocycles. The van der Waals surface area contributed by atoms with Crippen LogP contribution in [0.3, 0.4) is 0 Å². The van der Waals surface area contributed by atoms with Gasteiger partial charge < -0.3 is 9.80 Å². The van der Waals surface area contributed by atoms with E-state index >= 15 is 0 Å². The van der Waals surface area contributed by atoms with E-state index in [1.165, 1.54) is 10.6 Å². The lowest BCUT2D eigenvalue weighted by atomic mass is 10.3. The zero-order chi connectivity index (χ0) is 14.9. The van der Waals surface area contributed by atoms with E-state index in [1.54, 1.807) is 0 Å². The zero-order valence-corrected chi connectivity index (χ0v) is 13.2. The first kappa shape index (κ1) is 15.0. The molecule has 1 aliphatic heterocycles. The monoisotopic (exact) mass is 299 g/mol. The Balaban J connectivity index is 2.15. The molecule has 0 unspecified atom stereocenters. The number of aromatic nitrogens is 2. The summed E-state index contributed by atoms with van der Waals surface area (Å²) in [6, 6.07) is 1.93. The fraction of sp³-hybridized carbons (Fsp3) is 0.667. The number of aryl methyl sites for hydroxylation is 1. The molecule has 112 valence electrons. The van der Waals surface area contributed by atoms with Crippen LogP contribution in [-0.2, 0) is 10.0 Å². The largest absolute Gasteiger partial charge is 0.363 e. The number of hydrogen-bond donors (Lipinski definition) is 0. The molecule has 0 N–H and O–H groups in total. The Labute approximate surface area is 120 Å². The molecule has 0 amide bonds. The van der Waals surface area contributed by atoms with Crippen LogP contribution in [0.25, 0.3) is 0 Å². The second-order valence-electron chi connectivity index (χ2n) is 5.21. The van der Waals surface area contributed by atoms with Crippen molar-refractivity contribution >= 4 is 21.8 Å². The standard InChI is InChI=1S/C12H21N5O2S/c1-10-9-11(15(2)3)14-12(13-10)16-5-7-17(8-6-16)20(4,18)19/h9H,5-8H2,1-4H3. The van der Waals surface area contributed by atoms with Gasteiger partial charge in [-0.1, -0.05) is 0 Å². The lowest BCUT2D eigenvalue weighted by molar-refractivity contribution is 0.385. The zero-order valence-electron chi connectivity index (χ0n) is 12.4. The molecule has 0 spiro atoms. The molecule has 8 heteroatoms. The first-order chi connectivity index (χ1) is 9.27. The Morgan fingerprint density at radius 3 is 2.25 bits per heavy atom. The molecule has 1 aromatic rings. The molecule has 7 nitrogen and oxygen atoms in total. The highest BCUT2D eigenvalue weighted by molar-refractivity contribution is 7.88. The van der Waals surface area contributed by atoms with Crippen LogP contribution in [0, 0.1) is 6.92 Å². The first-order valence-electron chi connectivity index (χ1n) is 6.50. The summed E-state index contributed by atoms with van der Waals surface area (Å²) in [7, 11) is 0.772. The quantitative estimate of drug-likeness (QED) is 0.778. The van der Waals surface area contributed by atoms with Crippen molar-refractivity contribution in [3.8, 4) is 0 Å². The van der Waals surface area contributed by atoms with Gasteiger partial charge in [0, 0.05) is 52.0 Å². The van der Waals surface area contributed by atoms with Gasteiger partial charge in [0.1, 0.15) is 5.82 Å². The van der Waals surface area contributed by atoms with Gasteiger partial charge in [-0.25, -0.2) is 13.4 Å². The van der Waals surface area contributed by atoms with Crippen LogP contribution in [0.5, 0.6) is 0 Å². The van der Waals surface area contributed by atoms with Crippen molar-refractivity contribution in [1.29, 1.82) is 0 Å². The number of anilines is 2. The van der Waals surface area contributed by atoms with Gasteiger partial charge in [0.2, 0.25) is 16.0 Å². The molecular formula is C12H21N5O2S. The van der Waals surface area contributed by atoms with Crippen molar-refractivity contribution in [1.82, 2.24) is 14.3 Å². The van der Waals surface area contributed by atoms with Gasteiger partial charge in [0.15, 0.2) is 0 Å². The highest BCUT2D eigenvalue weighted by Gasteiger charge is 2.25. The third kappa shape index (κ3) is 3.37. The Kier molecular flexibility index (Phi) is 4.14. The highest BCUT2D eigenvalue weighted by Crippen LogP contribution is 2.17. The third-order valence-corrected chi connectivity index (χ3v) is 4.58. The Bertz CT molecular complexity index is 580. The number of nitrogens with zero attached hydrogens (tertiary/aromatic N) is 5. The summed E-state index contributed by atoms with van der Waals surface area (Å²) in [5.74, 6) is 1.53. The predicted molar refractivity (Wildman–Crippen MR) is 79.7 cm³/mol. The van der Waals surface area contributed by atoms with Crippen LogP contribution in [0.1, 0.15) is 5.69 Å². The second kappa shape index (κ2) is 5.53. The fourth-order valence-electron chi connectivity index (χ4n) is 2.13. The molecule has 2 rings (SSSR count). The predicted octanol–water partition coefficient (Wildman–Crippen LogP) is -0.0674. The fourth-order valence-corrected chi connectivity index (χ4v) is 2.95. The molecule has 20 heavy (non-hydrogen) atoms. The number of rotatable bonds is 3. The molecule has 2 heterocycles. The van der Waals surface area contributed by atoms with Crippen LogP contribution in [0.4, 0.5) is 11.8 Å². The Morgan fingerprint density at radius 2 is 1.75 bits per heavy atom. The summed E-state index contributed by atoms with van der Waals surface area (Å²) in [5, 5.41) is 0. The molecule has 1 saturated heterocycles. The maximum absolute atomic E-state index is 11.5. The van der Waals surface area contributed by atoms with Gasteiger partial charge in [0.25, 0.3) is 0 Å². The van der Waals surface area contributed by atoms with Crippen molar-refractivity contribution in [2.24, 2.45) is 0 Å². The summed E-state index contributed by atoms with van der Waals surface area (Å²) >= 11 is 0. The van der Waals surface area contributed by atoms with E-state index in [2.05, 4.69) is 9.97 Å². The van der Waals surface area contributed by atoms with E-state index in [0.717, 1.165) is 11.5 Å². The first-order valence-corrected chi connectivity index (χ1v) is 8.35. The molecule has 0 radical (unpaired) electrons. The smallest absolute Gasteiger partial charge is 0.227 e. The maximum atomic E-state index is 11.5. The number of sulfonamides is 1. The van der Waals surface area contributed by atoms with E-state index in [4.69, 9.17) is 0 Å². The minimum absolute atomic E-state index is 0.480. The summed E-state index contributed by atoms with van der Waals surface area (Å²) in [4.78, 5) is 12.9. The summed E-state index contributed by atoms with van der Waals surface area (Å²) in [6.45, 7) is 4.12. The lowest BCUT2D eigenvalue weighted by Crippen LogP contribution is -2.49. The lowest BCUT2D eigenvalue weighted by Gasteiger charge is -2.33. The minimum atomic E-state index is -3.10. The highest BCUT2D eigenvalue weighted by atomic mass is 32.2. The van der Waals surface area contributed by atoms with Gasteiger partial charge in [-0.2, -0.15) is 9.29 Å². The van der Waals surface area contributed by atoms with Crippen LogP contribution in [-0.4, -0.2) is 69.2 Å². The van der Waals surface area contributed by atoms with Crippen LogP contribution in [0.2, 0.25) is 0 Å². The van der Waals surface area contributed by atoms with Crippen molar-refractivity contribution in [2.75, 3.05) is 56.3 Å².